The van der Waals surface area contributed by atoms with Crippen LogP contribution in [0.25, 0.3) is 0 Å². The zero-order chi connectivity index (χ0) is 8.97. The summed E-state index contributed by atoms with van der Waals surface area (Å²) in [5.41, 5.74) is 5.73. The maximum absolute atomic E-state index is 11.1. The SMILES string of the molecule is COC(=O)C(N)C1CCCCC1. The second-order valence-electron chi connectivity index (χ2n) is 3.45. The van der Waals surface area contributed by atoms with Crippen LogP contribution in [-0.4, -0.2) is 19.1 Å². The van der Waals surface area contributed by atoms with E-state index in [4.69, 9.17) is 5.73 Å². The van der Waals surface area contributed by atoms with E-state index < -0.39 is 6.04 Å². The Morgan fingerprint density at radius 2 is 2.00 bits per heavy atom. The molecule has 3 nitrogen and oxygen atoms in total. The normalized spacial score (nSPS) is 21.8. The van der Waals surface area contributed by atoms with Gasteiger partial charge in [-0.1, -0.05) is 19.3 Å². The van der Waals surface area contributed by atoms with Crippen molar-refractivity contribution >= 4 is 5.97 Å². The van der Waals surface area contributed by atoms with Gasteiger partial charge < -0.3 is 10.5 Å². The van der Waals surface area contributed by atoms with Crippen LogP contribution in [0.4, 0.5) is 0 Å². The van der Waals surface area contributed by atoms with Gasteiger partial charge in [-0.15, -0.1) is 0 Å². The molecule has 0 aromatic rings. The predicted octanol–water partition coefficient (Wildman–Crippen LogP) is 1.07. The summed E-state index contributed by atoms with van der Waals surface area (Å²) in [5, 5.41) is 0. The molecule has 1 rings (SSSR count). The highest BCUT2D eigenvalue weighted by Crippen LogP contribution is 2.25. The van der Waals surface area contributed by atoms with Gasteiger partial charge in [-0.2, -0.15) is 0 Å². The lowest BCUT2D eigenvalue weighted by Gasteiger charge is -2.25. The molecule has 0 aromatic heterocycles. The summed E-state index contributed by atoms with van der Waals surface area (Å²) in [6, 6.07) is -0.393. The second-order valence-corrected chi connectivity index (χ2v) is 3.45. The number of carbonyl (C=O) groups excluding carboxylic acids is 1. The fraction of sp³-hybridized carbons (Fsp3) is 0.889. The third-order valence-electron chi connectivity index (χ3n) is 2.63. The van der Waals surface area contributed by atoms with Gasteiger partial charge in [0, 0.05) is 0 Å². The van der Waals surface area contributed by atoms with E-state index in [2.05, 4.69) is 4.74 Å². The molecule has 70 valence electrons. The van der Waals surface area contributed by atoms with Crippen LogP contribution in [-0.2, 0) is 9.53 Å². The zero-order valence-electron chi connectivity index (χ0n) is 7.58. The highest BCUT2D eigenvalue weighted by molar-refractivity contribution is 5.75. The van der Waals surface area contributed by atoms with Crippen molar-refractivity contribution in [3.05, 3.63) is 0 Å². The lowest BCUT2D eigenvalue weighted by molar-refractivity contribution is -0.143. The van der Waals surface area contributed by atoms with Crippen LogP contribution in [0.15, 0.2) is 0 Å². The summed E-state index contributed by atoms with van der Waals surface area (Å²) in [5.74, 6) is 0.0908. The fourth-order valence-electron chi connectivity index (χ4n) is 1.82. The second kappa shape index (κ2) is 4.45. The van der Waals surface area contributed by atoms with Crippen LogP contribution in [0.2, 0.25) is 0 Å². The first kappa shape index (κ1) is 9.52. The highest BCUT2D eigenvalue weighted by Gasteiger charge is 2.26. The molecule has 0 aromatic carbocycles. The molecule has 1 unspecified atom stereocenters. The van der Waals surface area contributed by atoms with Crippen molar-refractivity contribution in [1.29, 1.82) is 0 Å². The predicted molar refractivity (Wildman–Crippen MR) is 46.6 cm³/mol. The molecule has 0 aliphatic heterocycles. The molecular weight excluding hydrogens is 154 g/mol. The van der Waals surface area contributed by atoms with Crippen LogP contribution in [0.1, 0.15) is 32.1 Å². The van der Waals surface area contributed by atoms with Gasteiger partial charge in [-0.3, -0.25) is 4.79 Å². The smallest absolute Gasteiger partial charge is 0.322 e. The Labute approximate surface area is 73.3 Å². The molecule has 1 aliphatic carbocycles. The van der Waals surface area contributed by atoms with Gasteiger partial charge in [0.05, 0.1) is 7.11 Å². The van der Waals surface area contributed by atoms with E-state index in [0.29, 0.717) is 5.92 Å². The number of rotatable bonds is 2. The van der Waals surface area contributed by atoms with E-state index in [1.807, 2.05) is 0 Å². The molecule has 1 aliphatic rings. The van der Waals surface area contributed by atoms with E-state index in [9.17, 15) is 4.79 Å². The average molecular weight is 171 g/mol. The number of hydrogen-bond donors (Lipinski definition) is 1. The number of hydrogen-bond acceptors (Lipinski definition) is 3. The van der Waals surface area contributed by atoms with Gasteiger partial charge >= 0.3 is 5.97 Å². The number of esters is 1. The minimum Gasteiger partial charge on any atom is -0.468 e. The maximum Gasteiger partial charge on any atom is 0.322 e. The highest BCUT2D eigenvalue weighted by atomic mass is 16.5. The Balaban J connectivity index is 2.39. The summed E-state index contributed by atoms with van der Waals surface area (Å²) in [6.45, 7) is 0. The van der Waals surface area contributed by atoms with E-state index in [0.717, 1.165) is 12.8 Å². The zero-order valence-corrected chi connectivity index (χ0v) is 7.58. The van der Waals surface area contributed by atoms with Gasteiger partial charge in [0.1, 0.15) is 6.04 Å². The molecule has 1 atom stereocenters. The van der Waals surface area contributed by atoms with Crippen molar-refractivity contribution in [3.8, 4) is 0 Å². The van der Waals surface area contributed by atoms with E-state index >= 15 is 0 Å². The number of ether oxygens (including phenoxy) is 1. The standard InChI is InChI=1S/C9H17NO2/c1-12-9(11)8(10)7-5-3-2-4-6-7/h7-8H,2-6,10H2,1H3. The van der Waals surface area contributed by atoms with Gasteiger partial charge in [-0.25, -0.2) is 0 Å². The van der Waals surface area contributed by atoms with Crippen LogP contribution in [0, 0.1) is 5.92 Å². The largest absolute Gasteiger partial charge is 0.468 e. The minimum absolute atomic E-state index is 0.262. The molecule has 0 amide bonds. The third kappa shape index (κ3) is 2.21. The molecule has 2 N–H and O–H groups in total. The lowest BCUT2D eigenvalue weighted by Crippen LogP contribution is -2.39. The average Bonchev–Trinajstić information content (AvgIpc) is 2.17. The van der Waals surface area contributed by atoms with E-state index in [-0.39, 0.29) is 5.97 Å². The molecule has 0 saturated heterocycles. The summed E-state index contributed by atoms with van der Waals surface area (Å²) in [6.07, 6.45) is 5.85. The van der Waals surface area contributed by atoms with Gasteiger partial charge in [-0.05, 0) is 18.8 Å². The number of nitrogens with two attached hydrogens (primary N) is 1. The van der Waals surface area contributed by atoms with Crippen LogP contribution in [0.5, 0.6) is 0 Å². The van der Waals surface area contributed by atoms with Crippen molar-refractivity contribution in [2.45, 2.75) is 38.1 Å². The minimum atomic E-state index is -0.393. The number of carbonyl (C=O) groups is 1. The molecular formula is C9H17NO2. The van der Waals surface area contributed by atoms with Crippen molar-refractivity contribution in [3.63, 3.8) is 0 Å². The van der Waals surface area contributed by atoms with Crippen molar-refractivity contribution in [2.24, 2.45) is 11.7 Å². The van der Waals surface area contributed by atoms with Gasteiger partial charge in [0.25, 0.3) is 0 Å². The summed E-state index contributed by atoms with van der Waals surface area (Å²) >= 11 is 0. The summed E-state index contributed by atoms with van der Waals surface area (Å²) < 4.78 is 4.60. The topological polar surface area (TPSA) is 52.3 Å². The quantitative estimate of drug-likeness (QED) is 0.632. The Bertz CT molecular complexity index is 153. The third-order valence-corrected chi connectivity index (χ3v) is 2.63. The van der Waals surface area contributed by atoms with Crippen LogP contribution >= 0.6 is 0 Å². The fourth-order valence-corrected chi connectivity index (χ4v) is 1.82. The Morgan fingerprint density at radius 1 is 1.42 bits per heavy atom. The Kier molecular flexibility index (Phi) is 3.53. The Hall–Kier alpha value is -0.570. The number of methoxy groups -OCH3 is 1. The lowest BCUT2D eigenvalue weighted by atomic mass is 9.84. The van der Waals surface area contributed by atoms with Crippen molar-refractivity contribution < 1.29 is 9.53 Å². The molecule has 0 bridgehead atoms. The summed E-state index contributed by atoms with van der Waals surface area (Å²) in [7, 11) is 1.39. The van der Waals surface area contributed by atoms with Gasteiger partial charge in [0.15, 0.2) is 0 Å². The molecule has 0 heterocycles. The van der Waals surface area contributed by atoms with E-state index in [1.165, 1.54) is 26.4 Å². The molecule has 1 saturated carbocycles. The van der Waals surface area contributed by atoms with Crippen molar-refractivity contribution in [1.82, 2.24) is 0 Å². The van der Waals surface area contributed by atoms with E-state index in [1.54, 1.807) is 0 Å². The molecule has 0 spiro atoms. The monoisotopic (exact) mass is 171 g/mol. The Morgan fingerprint density at radius 3 is 2.50 bits per heavy atom. The molecule has 0 radical (unpaired) electrons. The maximum atomic E-state index is 11.1. The first-order valence-electron chi connectivity index (χ1n) is 4.59. The van der Waals surface area contributed by atoms with Gasteiger partial charge in [0.2, 0.25) is 0 Å². The van der Waals surface area contributed by atoms with Crippen LogP contribution in [0.3, 0.4) is 0 Å². The molecule has 12 heavy (non-hydrogen) atoms. The van der Waals surface area contributed by atoms with Crippen molar-refractivity contribution in [2.75, 3.05) is 7.11 Å². The first-order valence-corrected chi connectivity index (χ1v) is 4.59. The first-order chi connectivity index (χ1) is 5.75. The van der Waals surface area contributed by atoms with Crippen LogP contribution < -0.4 is 5.73 Å². The molecule has 3 heteroatoms. The summed E-state index contributed by atoms with van der Waals surface area (Å²) in [4.78, 5) is 11.1. The molecule has 1 fully saturated rings.